The highest BCUT2D eigenvalue weighted by molar-refractivity contribution is 5.94. The lowest BCUT2D eigenvalue weighted by Crippen LogP contribution is -2.45. The number of carbonyl (C=O) groups excluding carboxylic acids is 2. The molecule has 2 aromatic rings. The number of fused-ring (bicyclic) bond motifs is 3. The summed E-state index contributed by atoms with van der Waals surface area (Å²) < 4.78 is 11.1. The average Bonchev–Trinajstić information content (AvgIpc) is 3.26. The number of anilines is 2. The Morgan fingerprint density at radius 2 is 2.00 bits per heavy atom. The van der Waals surface area contributed by atoms with Gasteiger partial charge in [0.2, 0.25) is 0 Å². The van der Waals surface area contributed by atoms with Crippen LogP contribution in [0.4, 0.5) is 21.1 Å². The molecule has 2 saturated heterocycles. The van der Waals surface area contributed by atoms with Gasteiger partial charge in [-0.3, -0.25) is 9.80 Å². The van der Waals surface area contributed by atoms with Gasteiger partial charge in [0.15, 0.2) is 6.10 Å². The lowest BCUT2D eigenvalue weighted by molar-refractivity contribution is 0.0734. The maximum absolute atomic E-state index is 12.2. The first-order chi connectivity index (χ1) is 14.1. The SMILES string of the molecule is CN1CCN(c2ccc(-c3ccc4c(c3)OC[C@H]3[C@H](CO)OC(=O)N43)cn2)C1=O. The molecule has 5 rings (SSSR count). The number of cyclic esters (lactones) is 1. The van der Waals surface area contributed by atoms with Crippen LogP contribution in [0.25, 0.3) is 11.1 Å². The summed E-state index contributed by atoms with van der Waals surface area (Å²) in [6.07, 6.45) is 0.664. The molecule has 0 radical (unpaired) electrons. The van der Waals surface area contributed by atoms with Crippen molar-refractivity contribution < 1.29 is 24.2 Å². The number of rotatable bonds is 3. The van der Waals surface area contributed by atoms with E-state index in [4.69, 9.17) is 9.47 Å². The van der Waals surface area contributed by atoms with Gasteiger partial charge >= 0.3 is 12.1 Å². The molecular formula is C20H20N4O5. The number of pyridine rings is 1. The molecule has 1 aromatic heterocycles. The van der Waals surface area contributed by atoms with Crippen LogP contribution >= 0.6 is 0 Å². The highest BCUT2D eigenvalue weighted by atomic mass is 16.6. The molecule has 9 nitrogen and oxygen atoms in total. The van der Waals surface area contributed by atoms with Gasteiger partial charge in [0.05, 0.1) is 12.3 Å². The molecule has 2 atom stereocenters. The fraction of sp³-hybridized carbons (Fsp3) is 0.350. The largest absolute Gasteiger partial charge is 0.489 e. The van der Waals surface area contributed by atoms with Gasteiger partial charge in [0, 0.05) is 31.9 Å². The normalized spacial score (nSPS) is 23.0. The molecule has 1 aromatic carbocycles. The summed E-state index contributed by atoms with van der Waals surface area (Å²) in [5, 5.41) is 9.40. The molecule has 0 spiro atoms. The Hall–Kier alpha value is -3.33. The minimum Gasteiger partial charge on any atom is -0.489 e. The van der Waals surface area contributed by atoms with Crippen molar-refractivity contribution in [2.75, 3.05) is 43.2 Å². The smallest absolute Gasteiger partial charge is 0.415 e. The summed E-state index contributed by atoms with van der Waals surface area (Å²) in [5.41, 5.74) is 2.39. The maximum atomic E-state index is 12.2. The number of urea groups is 1. The highest BCUT2D eigenvalue weighted by Gasteiger charge is 2.46. The van der Waals surface area contributed by atoms with Crippen molar-refractivity contribution in [1.82, 2.24) is 9.88 Å². The third-order valence-corrected chi connectivity index (χ3v) is 5.59. The van der Waals surface area contributed by atoms with E-state index in [1.807, 2.05) is 30.3 Å². The van der Waals surface area contributed by atoms with Crippen LogP contribution < -0.4 is 14.5 Å². The lowest BCUT2D eigenvalue weighted by atomic mass is 10.0. The van der Waals surface area contributed by atoms with Crippen LogP contribution in [0.1, 0.15) is 0 Å². The number of nitrogens with zero attached hydrogens (tertiary/aromatic N) is 4. The Labute approximate surface area is 167 Å². The molecule has 3 aliphatic heterocycles. The van der Waals surface area contributed by atoms with E-state index in [0.717, 1.165) is 11.1 Å². The fourth-order valence-corrected chi connectivity index (χ4v) is 3.94. The van der Waals surface area contributed by atoms with Crippen LogP contribution in [0, 0.1) is 0 Å². The van der Waals surface area contributed by atoms with Gasteiger partial charge in [-0.15, -0.1) is 0 Å². The summed E-state index contributed by atoms with van der Waals surface area (Å²) in [7, 11) is 1.77. The molecule has 150 valence electrons. The molecule has 29 heavy (non-hydrogen) atoms. The van der Waals surface area contributed by atoms with Gasteiger partial charge < -0.3 is 19.5 Å². The van der Waals surface area contributed by atoms with Crippen LogP contribution in [0.5, 0.6) is 5.75 Å². The third-order valence-electron chi connectivity index (χ3n) is 5.59. The van der Waals surface area contributed by atoms with E-state index in [9.17, 15) is 14.7 Å². The van der Waals surface area contributed by atoms with E-state index in [1.165, 1.54) is 0 Å². The van der Waals surface area contributed by atoms with E-state index in [1.54, 1.807) is 27.9 Å². The molecule has 0 saturated carbocycles. The third kappa shape index (κ3) is 2.77. The zero-order chi connectivity index (χ0) is 20.1. The van der Waals surface area contributed by atoms with Crippen LogP contribution in [-0.4, -0.2) is 72.6 Å². The van der Waals surface area contributed by atoms with E-state index >= 15 is 0 Å². The number of likely N-dealkylation sites (N-methyl/N-ethyl adjacent to an activating group) is 1. The molecule has 0 bridgehead atoms. The Bertz CT molecular complexity index is 979. The molecule has 2 fully saturated rings. The van der Waals surface area contributed by atoms with E-state index in [0.29, 0.717) is 30.3 Å². The van der Waals surface area contributed by atoms with E-state index < -0.39 is 12.2 Å². The van der Waals surface area contributed by atoms with Crippen molar-refractivity contribution >= 4 is 23.6 Å². The first-order valence-electron chi connectivity index (χ1n) is 9.43. The van der Waals surface area contributed by atoms with Crippen LogP contribution in [0.15, 0.2) is 36.5 Å². The molecule has 9 heteroatoms. The summed E-state index contributed by atoms with van der Waals surface area (Å²) in [4.78, 5) is 33.6. The summed E-state index contributed by atoms with van der Waals surface area (Å²) in [6.45, 7) is 1.32. The van der Waals surface area contributed by atoms with Gasteiger partial charge in [-0.05, 0) is 29.8 Å². The van der Waals surface area contributed by atoms with Crippen molar-refractivity contribution in [1.29, 1.82) is 0 Å². The van der Waals surface area contributed by atoms with E-state index in [-0.39, 0.29) is 25.3 Å². The quantitative estimate of drug-likeness (QED) is 0.849. The topological polar surface area (TPSA) is 95.4 Å². The number of aromatic nitrogens is 1. The lowest BCUT2D eigenvalue weighted by Gasteiger charge is -2.31. The predicted molar refractivity (Wildman–Crippen MR) is 104 cm³/mol. The zero-order valence-electron chi connectivity index (χ0n) is 15.8. The van der Waals surface area contributed by atoms with E-state index in [2.05, 4.69) is 4.98 Å². The highest BCUT2D eigenvalue weighted by Crippen LogP contribution is 2.41. The summed E-state index contributed by atoms with van der Waals surface area (Å²) in [6, 6.07) is 8.90. The first-order valence-corrected chi connectivity index (χ1v) is 9.43. The monoisotopic (exact) mass is 396 g/mol. The molecule has 0 unspecified atom stereocenters. The second kappa shape index (κ2) is 6.63. The number of benzene rings is 1. The summed E-state index contributed by atoms with van der Waals surface area (Å²) >= 11 is 0. The Morgan fingerprint density at radius 3 is 2.69 bits per heavy atom. The van der Waals surface area contributed by atoms with Crippen molar-refractivity contribution in [2.24, 2.45) is 0 Å². The van der Waals surface area contributed by atoms with Crippen LogP contribution in [-0.2, 0) is 4.74 Å². The van der Waals surface area contributed by atoms with Gasteiger partial charge in [-0.1, -0.05) is 6.07 Å². The zero-order valence-corrected chi connectivity index (χ0v) is 15.8. The van der Waals surface area contributed by atoms with Gasteiger partial charge in [-0.25, -0.2) is 14.6 Å². The van der Waals surface area contributed by atoms with Crippen LogP contribution in [0.3, 0.4) is 0 Å². The van der Waals surface area contributed by atoms with Crippen molar-refractivity contribution in [3.8, 4) is 16.9 Å². The Morgan fingerprint density at radius 1 is 1.17 bits per heavy atom. The number of aliphatic hydroxyl groups excluding tert-OH is 1. The molecule has 4 heterocycles. The summed E-state index contributed by atoms with van der Waals surface area (Å²) in [5.74, 6) is 1.20. The maximum Gasteiger partial charge on any atom is 0.415 e. The number of hydrogen-bond donors (Lipinski definition) is 1. The number of hydrogen-bond acceptors (Lipinski definition) is 6. The van der Waals surface area contributed by atoms with Gasteiger partial charge in [-0.2, -0.15) is 0 Å². The standard InChI is InChI=1S/C20H20N4O5/c1-22-6-7-23(19(22)26)18-5-3-13(9-21-18)12-2-4-14-16(8-12)28-11-15-17(10-25)29-20(27)24(14)15/h2-5,8-9,15,17,25H,6-7,10-11H2,1H3/t15-,17-/m0/s1. The van der Waals surface area contributed by atoms with Crippen LogP contribution in [0.2, 0.25) is 0 Å². The Balaban J connectivity index is 1.41. The molecule has 3 amide bonds. The fourth-order valence-electron chi connectivity index (χ4n) is 3.94. The molecular weight excluding hydrogens is 376 g/mol. The van der Waals surface area contributed by atoms with Gasteiger partial charge in [0.25, 0.3) is 0 Å². The minimum atomic E-state index is -0.584. The minimum absolute atomic E-state index is 0.0549. The number of ether oxygens (including phenoxy) is 2. The van der Waals surface area contributed by atoms with Crippen molar-refractivity contribution in [2.45, 2.75) is 12.1 Å². The number of amides is 3. The second-order valence-corrected chi connectivity index (χ2v) is 7.30. The molecule has 3 aliphatic rings. The Kier molecular flexibility index (Phi) is 4.06. The number of carbonyl (C=O) groups is 2. The average molecular weight is 396 g/mol. The van der Waals surface area contributed by atoms with Crippen molar-refractivity contribution in [3.05, 3.63) is 36.5 Å². The first kappa shape index (κ1) is 17.7. The molecule has 0 aliphatic carbocycles. The van der Waals surface area contributed by atoms with Gasteiger partial charge in [0.1, 0.15) is 24.2 Å². The number of aliphatic hydroxyl groups is 1. The second-order valence-electron chi connectivity index (χ2n) is 7.30. The molecule has 1 N–H and O–H groups in total. The predicted octanol–water partition coefficient (Wildman–Crippen LogP) is 1.70. The van der Waals surface area contributed by atoms with Crippen molar-refractivity contribution in [3.63, 3.8) is 0 Å².